The SMILES string of the molecule is CC1(C[C@@H](N)C(=O)N2C[C@H](F)C[C@H]2C(=O)NCc2c(-n3cncn3)ccc(Cl)c2F)CC1.CC1(C[C@@H](N)C(=O)N2C[C@H](F)C[C@H]2C(=O)NCc2c(-n3cncn3)ccc(Cl)c2F)CC1.Cl.Cl. The molecule has 8 rings (SSSR count). The molecule has 16 nitrogen and oxygen atoms in total. The van der Waals surface area contributed by atoms with Crippen LogP contribution in [0.3, 0.4) is 0 Å². The van der Waals surface area contributed by atoms with Crippen molar-refractivity contribution in [1.29, 1.82) is 0 Å². The number of rotatable bonds is 14. The van der Waals surface area contributed by atoms with Crippen LogP contribution in [-0.4, -0.2) is 113 Å². The number of alkyl halides is 2. The molecule has 2 saturated carbocycles. The first-order valence-electron chi connectivity index (χ1n) is 21.0. The fourth-order valence-electron chi connectivity index (χ4n) is 8.23. The van der Waals surface area contributed by atoms with Gasteiger partial charge in [0.2, 0.25) is 23.6 Å². The number of nitrogens with one attached hydrogen (secondary N) is 2. The molecule has 0 radical (unpaired) electrons. The lowest BCUT2D eigenvalue weighted by Gasteiger charge is -2.27. The van der Waals surface area contributed by atoms with E-state index in [1.807, 2.05) is 0 Å². The average molecular weight is 1010 g/mol. The number of benzene rings is 2. The van der Waals surface area contributed by atoms with E-state index < -0.39 is 71.8 Å². The largest absolute Gasteiger partial charge is 0.350 e. The highest BCUT2D eigenvalue weighted by Gasteiger charge is 2.46. The van der Waals surface area contributed by atoms with Gasteiger partial charge in [0, 0.05) is 37.1 Å². The van der Waals surface area contributed by atoms with Gasteiger partial charge in [0.25, 0.3) is 0 Å². The Morgan fingerprint density at radius 1 is 0.697 bits per heavy atom. The molecule has 4 fully saturated rings. The normalized spacial score (nSPS) is 21.9. The summed E-state index contributed by atoms with van der Waals surface area (Å²) in [5.74, 6) is -3.43. The van der Waals surface area contributed by atoms with Crippen LogP contribution in [0.2, 0.25) is 10.0 Å². The van der Waals surface area contributed by atoms with E-state index in [1.165, 1.54) is 56.6 Å². The molecule has 4 heterocycles. The first-order chi connectivity index (χ1) is 30.4. The predicted octanol–water partition coefficient (Wildman–Crippen LogP) is 5.11. The molecule has 4 aliphatic rings. The third-order valence-corrected chi connectivity index (χ3v) is 13.1. The zero-order chi connectivity index (χ0) is 46.1. The summed E-state index contributed by atoms with van der Waals surface area (Å²) in [6.07, 6.45) is 7.47. The summed E-state index contributed by atoms with van der Waals surface area (Å²) in [4.78, 5) is 61.6. The fraction of sp³-hybridized carbons (Fsp3) is 0.524. The molecule has 4 aromatic rings. The lowest BCUT2D eigenvalue weighted by atomic mass is 9.98. The van der Waals surface area contributed by atoms with Crippen molar-refractivity contribution in [3.8, 4) is 11.4 Å². The molecule has 0 bridgehead atoms. The lowest BCUT2D eigenvalue weighted by Crippen LogP contribution is -2.51. The summed E-state index contributed by atoms with van der Waals surface area (Å²) in [6.45, 7) is 3.30. The van der Waals surface area contributed by atoms with Crippen molar-refractivity contribution in [3.63, 3.8) is 0 Å². The van der Waals surface area contributed by atoms with Gasteiger partial charge in [-0.1, -0.05) is 37.0 Å². The second-order valence-electron chi connectivity index (χ2n) is 17.8. The highest BCUT2D eigenvalue weighted by Crippen LogP contribution is 2.49. The molecular weight excluding hydrogens is 954 g/mol. The van der Waals surface area contributed by atoms with Gasteiger partial charge in [-0.2, -0.15) is 10.2 Å². The Morgan fingerprint density at radius 2 is 1.06 bits per heavy atom. The highest BCUT2D eigenvalue weighted by molar-refractivity contribution is 6.31. The van der Waals surface area contributed by atoms with Gasteiger partial charge >= 0.3 is 0 Å². The third-order valence-electron chi connectivity index (χ3n) is 12.5. The zero-order valence-electron chi connectivity index (χ0n) is 36.0. The minimum atomic E-state index is -1.33. The first kappa shape index (κ1) is 52.4. The molecule has 0 spiro atoms. The van der Waals surface area contributed by atoms with E-state index in [2.05, 4.69) is 44.6 Å². The maximum atomic E-state index is 14.7. The van der Waals surface area contributed by atoms with Crippen LogP contribution in [-0.2, 0) is 32.3 Å². The smallest absolute Gasteiger partial charge is 0.243 e. The molecule has 360 valence electrons. The number of halogens is 8. The minimum absolute atomic E-state index is 0. The Hall–Kier alpha value is -4.60. The van der Waals surface area contributed by atoms with Crippen LogP contribution in [0.5, 0.6) is 0 Å². The molecule has 24 heteroatoms. The van der Waals surface area contributed by atoms with Gasteiger partial charge in [-0.15, -0.1) is 24.8 Å². The van der Waals surface area contributed by atoms with Gasteiger partial charge in [-0.05, 0) is 73.6 Å². The molecule has 2 aromatic heterocycles. The number of nitrogens with zero attached hydrogens (tertiary/aromatic N) is 8. The second kappa shape index (κ2) is 21.6. The van der Waals surface area contributed by atoms with Crippen LogP contribution in [0, 0.1) is 22.5 Å². The Bertz CT molecular complexity index is 2200. The van der Waals surface area contributed by atoms with Crippen molar-refractivity contribution in [2.45, 2.75) is 115 Å². The van der Waals surface area contributed by atoms with E-state index in [0.717, 1.165) is 25.7 Å². The van der Waals surface area contributed by atoms with Crippen LogP contribution in [0.4, 0.5) is 17.6 Å². The molecule has 2 aliphatic heterocycles. The maximum absolute atomic E-state index is 14.7. The lowest BCUT2D eigenvalue weighted by molar-refractivity contribution is -0.139. The van der Waals surface area contributed by atoms with Crippen molar-refractivity contribution in [3.05, 3.63) is 82.4 Å². The quantitative estimate of drug-likeness (QED) is 0.123. The highest BCUT2D eigenvalue weighted by atomic mass is 35.5. The van der Waals surface area contributed by atoms with Crippen LogP contribution < -0.4 is 22.1 Å². The summed E-state index contributed by atoms with van der Waals surface area (Å²) in [5, 5.41) is 13.0. The number of hydrogen-bond donors (Lipinski definition) is 4. The Balaban J connectivity index is 0.000000240. The fourth-order valence-corrected chi connectivity index (χ4v) is 8.59. The predicted molar refractivity (Wildman–Crippen MR) is 241 cm³/mol. The maximum Gasteiger partial charge on any atom is 0.243 e. The number of carbonyl (C=O) groups is 4. The number of likely N-dealkylation sites (tertiary alicyclic amines) is 2. The summed E-state index contributed by atoms with van der Waals surface area (Å²) >= 11 is 11.8. The van der Waals surface area contributed by atoms with E-state index >= 15 is 0 Å². The number of carbonyl (C=O) groups excluding carboxylic acids is 4. The minimum Gasteiger partial charge on any atom is -0.350 e. The molecule has 2 aliphatic carbocycles. The van der Waals surface area contributed by atoms with Gasteiger partial charge in [0.05, 0.1) is 46.6 Å². The van der Waals surface area contributed by atoms with Crippen molar-refractivity contribution in [2.75, 3.05) is 13.1 Å². The van der Waals surface area contributed by atoms with Gasteiger partial charge in [0.1, 0.15) is 61.4 Å². The Kier molecular flexibility index (Phi) is 17.1. The van der Waals surface area contributed by atoms with E-state index in [9.17, 15) is 36.7 Å². The molecule has 6 N–H and O–H groups in total. The summed E-state index contributed by atoms with van der Waals surface area (Å²) in [6, 6.07) is 2.29. The number of amides is 4. The number of aromatic nitrogens is 6. The number of hydrogen-bond acceptors (Lipinski definition) is 10. The van der Waals surface area contributed by atoms with Crippen molar-refractivity contribution < 1.29 is 36.7 Å². The van der Waals surface area contributed by atoms with Gasteiger partial charge in [-0.3, -0.25) is 19.2 Å². The standard InChI is InChI=1S/2C21H25ClF2N6O2.2ClH/c2*1-21(4-5-21)7-15(25)20(32)29-9-12(23)6-17(29)19(31)27-8-13-16(30-11-26-10-28-30)3-2-14(22)18(13)24;;/h2*2-3,10-12,15,17H,4-9,25H2,1H3,(H,27,31);2*1H/t2*12-,15-,17+;;/m11../s1. The topological polar surface area (TPSA) is 212 Å². The van der Waals surface area contributed by atoms with E-state index in [1.54, 1.807) is 12.1 Å². The van der Waals surface area contributed by atoms with Crippen LogP contribution in [0.15, 0.2) is 49.6 Å². The molecule has 66 heavy (non-hydrogen) atoms. The van der Waals surface area contributed by atoms with E-state index in [4.69, 9.17) is 34.7 Å². The first-order valence-corrected chi connectivity index (χ1v) is 21.7. The second-order valence-corrected chi connectivity index (χ2v) is 18.6. The average Bonchev–Trinajstić information content (AvgIpc) is 3.74. The van der Waals surface area contributed by atoms with Crippen LogP contribution >= 0.6 is 48.0 Å². The van der Waals surface area contributed by atoms with Crippen LogP contribution in [0.25, 0.3) is 11.4 Å². The molecule has 0 unspecified atom stereocenters. The van der Waals surface area contributed by atoms with Crippen molar-refractivity contribution >= 4 is 71.6 Å². The Labute approximate surface area is 400 Å². The third kappa shape index (κ3) is 12.1. The van der Waals surface area contributed by atoms with E-state index in [0.29, 0.717) is 24.2 Å². The summed E-state index contributed by atoms with van der Waals surface area (Å²) < 4.78 is 60.5. The van der Waals surface area contributed by atoms with Crippen molar-refractivity contribution in [2.24, 2.45) is 22.3 Å². The molecular formula is C42H52Cl4F4N12O4. The Morgan fingerprint density at radius 3 is 1.38 bits per heavy atom. The summed E-state index contributed by atoms with van der Waals surface area (Å²) in [5.41, 5.74) is 13.2. The summed E-state index contributed by atoms with van der Waals surface area (Å²) in [7, 11) is 0. The van der Waals surface area contributed by atoms with Gasteiger partial charge < -0.3 is 31.9 Å². The van der Waals surface area contributed by atoms with Gasteiger partial charge in [0.15, 0.2) is 0 Å². The monoisotopic (exact) mass is 1000 g/mol. The zero-order valence-corrected chi connectivity index (χ0v) is 39.2. The molecule has 2 saturated heterocycles. The van der Waals surface area contributed by atoms with Crippen LogP contribution in [0.1, 0.15) is 76.3 Å². The molecule has 6 atom stereocenters. The number of nitrogens with two attached hydrogens (primary N) is 2. The van der Waals surface area contributed by atoms with E-state index in [-0.39, 0.29) is 95.8 Å². The van der Waals surface area contributed by atoms with Crippen molar-refractivity contribution in [1.82, 2.24) is 50.0 Å². The molecule has 2 aromatic carbocycles. The van der Waals surface area contributed by atoms with Gasteiger partial charge in [-0.25, -0.2) is 36.9 Å². The molecule has 4 amide bonds.